The van der Waals surface area contributed by atoms with Crippen molar-refractivity contribution in [3.05, 3.63) is 71.7 Å². The number of hydrogen-bond acceptors (Lipinski definition) is 6. The fourth-order valence-corrected chi connectivity index (χ4v) is 5.60. The molecule has 0 radical (unpaired) electrons. The Balaban J connectivity index is 1.43. The van der Waals surface area contributed by atoms with Crippen LogP contribution in [0.25, 0.3) is 0 Å². The van der Waals surface area contributed by atoms with Crippen molar-refractivity contribution in [2.75, 3.05) is 17.2 Å². The molecule has 1 saturated heterocycles. The second kappa shape index (κ2) is 8.96. The number of aromatic nitrogens is 1. The van der Waals surface area contributed by atoms with Crippen LogP contribution < -0.4 is 10.6 Å². The molecule has 2 N–H and O–H groups in total. The van der Waals surface area contributed by atoms with Gasteiger partial charge in [-0.2, -0.15) is 4.31 Å². The highest BCUT2D eigenvalue weighted by atomic mass is 32.2. The molecule has 1 fully saturated rings. The third-order valence-electron chi connectivity index (χ3n) is 4.92. The number of carbonyl (C=O) groups is 2. The van der Waals surface area contributed by atoms with Gasteiger partial charge >= 0.3 is 0 Å². The van der Waals surface area contributed by atoms with Crippen molar-refractivity contribution in [1.82, 2.24) is 9.29 Å². The molecule has 0 aliphatic carbocycles. The van der Waals surface area contributed by atoms with Crippen LogP contribution >= 0.6 is 11.3 Å². The zero-order chi connectivity index (χ0) is 21.8. The van der Waals surface area contributed by atoms with E-state index in [1.165, 1.54) is 27.8 Å². The molecular formula is C21H20N4O4S2. The molecule has 8 nitrogen and oxygen atoms in total. The van der Waals surface area contributed by atoms with E-state index in [0.29, 0.717) is 35.8 Å². The molecule has 1 aromatic heterocycles. The summed E-state index contributed by atoms with van der Waals surface area (Å²) in [6, 6.07) is 13.7. The summed E-state index contributed by atoms with van der Waals surface area (Å²) in [5.74, 6) is -0.694. The molecule has 0 spiro atoms. The molecular weight excluding hydrogens is 436 g/mol. The Labute approximate surface area is 184 Å². The molecule has 0 bridgehead atoms. The monoisotopic (exact) mass is 456 g/mol. The third kappa shape index (κ3) is 4.66. The van der Waals surface area contributed by atoms with E-state index in [-0.39, 0.29) is 10.8 Å². The number of anilines is 2. The maximum absolute atomic E-state index is 12.9. The lowest BCUT2D eigenvalue weighted by molar-refractivity contribution is -0.119. The largest absolute Gasteiger partial charge is 0.325 e. The SMILES string of the molecule is O=C(Nc1nccs1)c1ccc(NC(=O)C2CCCN2S(=O)(=O)c2ccccc2)cc1. The number of rotatable bonds is 6. The van der Waals surface area contributed by atoms with E-state index in [9.17, 15) is 18.0 Å². The predicted octanol–water partition coefficient (Wildman–Crippen LogP) is 3.19. The van der Waals surface area contributed by atoms with Crippen molar-refractivity contribution in [1.29, 1.82) is 0 Å². The number of thiazole rings is 1. The molecule has 1 aliphatic rings. The summed E-state index contributed by atoms with van der Waals surface area (Å²) in [5, 5.41) is 7.72. The van der Waals surface area contributed by atoms with E-state index in [1.807, 2.05) is 0 Å². The molecule has 1 unspecified atom stereocenters. The zero-order valence-corrected chi connectivity index (χ0v) is 18.0. The maximum atomic E-state index is 12.9. The molecule has 3 aromatic rings. The third-order valence-corrected chi connectivity index (χ3v) is 7.53. The lowest BCUT2D eigenvalue weighted by Gasteiger charge is -2.23. The lowest BCUT2D eigenvalue weighted by Crippen LogP contribution is -2.43. The Kier molecular flexibility index (Phi) is 6.12. The first-order valence-corrected chi connectivity index (χ1v) is 12.0. The molecule has 0 saturated carbocycles. The first-order valence-electron chi connectivity index (χ1n) is 9.64. The maximum Gasteiger partial charge on any atom is 0.257 e. The van der Waals surface area contributed by atoms with Gasteiger partial charge in [0, 0.05) is 29.4 Å². The van der Waals surface area contributed by atoms with Crippen LogP contribution in [-0.4, -0.2) is 42.1 Å². The number of sulfonamides is 1. The van der Waals surface area contributed by atoms with E-state index in [4.69, 9.17) is 0 Å². The van der Waals surface area contributed by atoms with Crippen LogP contribution in [0.15, 0.2) is 71.1 Å². The summed E-state index contributed by atoms with van der Waals surface area (Å²) in [7, 11) is -3.75. The summed E-state index contributed by atoms with van der Waals surface area (Å²) in [5.41, 5.74) is 0.905. The molecule has 2 amide bonds. The highest BCUT2D eigenvalue weighted by Gasteiger charge is 2.39. The molecule has 160 valence electrons. The van der Waals surface area contributed by atoms with Gasteiger partial charge in [-0.15, -0.1) is 11.3 Å². The van der Waals surface area contributed by atoms with E-state index >= 15 is 0 Å². The topological polar surface area (TPSA) is 108 Å². The van der Waals surface area contributed by atoms with Crippen LogP contribution in [0.5, 0.6) is 0 Å². The average Bonchev–Trinajstić information content (AvgIpc) is 3.47. The normalized spacial score (nSPS) is 16.7. The van der Waals surface area contributed by atoms with Gasteiger partial charge in [0.2, 0.25) is 15.9 Å². The summed E-state index contributed by atoms with van der Waals surface area (Å²) < 4.78 is 27.2. The minimum absolute atomic E-state index is 0.172. The number of amides is 2. The first-order chi connectivity index (χ1) is 14.9. The Morgan fingerprint density at radius 2 is 1.77 bits per heavy atom. The highest BCUT2D eigenvalue weighted by molar-refractivity contribution is 7.89. The minimum Gasteiger partial charge on any atom is -0.325 e. The standard InChI is InChI=1S/C21H20N4O4S2/c26-19(24-21-22-12-14-30-21)15-8-10-16(11-9-15)23-20(27)18-7-4-13-25(18)31(28,29)17-5-2-1-3-6-17/h1-3,5-6,8-12,14,18H,4,7,13H2,(H,23,27)(H,22,24,26). The second-order valence-electron chi connectivity index (χ2n) is 6.94. The molecule has 10 heteroatoms. The van der Waals surface area contributed by atoms with Crippen LogP contribution in [0.3, 0.4) is 0 Å². The van der Waals surface area contributed by atoms with E-state index in [2.05, 4.69) is 15.6 Å². The fourth-order valence-electron chi connectivity index (χ4n) is 3.40. The smallest absolute Gasteiger partial charge is 0.257 e. The van der Waals surface area contributed by atoms with E-state index < -0.39 is 22.0 Å². The Bertz CT molecular complexity index is 1160. The lowest BCUT2D eigenvalue weighted by atomic mass is 10.1. The van der Waals surface area contributed by atoms with Crippen molar-refractivity contribution in [3.63, 3.8) is 0 Å². The van der Waals surface area contributed by atoms with Crippen molar-refractivity contribution in [2.45, 2.75) is 23.8 Å². The molecule has 1 atom stereocenters. The van der Waals surface area contributed by atoms with Gasteiger partial charge in [-0.3, -0.25) is 14.9 Å². The number of nitrogens with zero attached hydrogens (tertiary/aromatic N) is 2. The van der Waals surface area contributed by atoms with Gasteiger partial charge < -0.3 is 5.32 Å². The van der Waals surface area contributed by atoms with Gasteiger partial charge in [0.15, 0.2) is 5.13 Å². The number of benzene rings is 2. The van der Waals surface area contributed by atoms with Gasteiger partial charge in [-0.05, 0) is 49.2 Å². The zero-order valence-electron chi connectivity index (χ0n) is 16.4. The Hall–Kier alpha value is -3.08. The summed E-state index contributed by atoms with van der Waals surface area (Å²) in [6.45, 7) is 0.297. The molecule has 31 heavy (non-hydrogen) atoms. The second-order valence-corrected chi connectivity index (χ2v) is 9.73. The molecule has 4 rings (SSSR count). The van der Waals surface area contributed by atoms with Gasteiger partial charge in [-0.1, -0.05) is 18.2 Å². The summed E-state index contributed by atoms with van der Waals surface area (Å²) in [4.78, 5) is 29.2. The average molecular weight is 457 g/mol. The van der Waals surface area contributed by atoms with Crippen molar-refractivity contribution < 1.29 is 18.0 Å². The van der Waals surface area contributed by atoms with E-state index in [1.54, 1.807) is 54.0 Å². The first kappa shape index (κ1) is 21.2. The van der Waals surface area contributed by atoms with Gasteiger partial charge in [-0.25, -0.2) is 13.4 Å². The van der Waals surface area contributed by atoms with Crippen molar-refractivity contribution in [3.8, 4) is 0 Å². The van der Waals surface area contributed by atoms with Crippen molar-refractivity contribution >= 4 is 44.0 Å². The Morgan fingerprint density at radius 3 is 2.45 bits per heavy atom. The number of hydrogen-bond donors (Lipinski definition) is 2. The van der Waals surface area contributed by atoms with Gasteiger partial charge in [0.1, 0.15) is 6.04 Å². The van der Waals surface area contributed by atoms with Crippen LogP contribution in [-0.2, 0) is 14.8 Å². The summed E-state index contributed by atoms with van der Waals surface area (Å²) >= 11 is 1.32. The van der Waals surface area contributed by atoms with Gasteiger partial charge in [0.25, 0.3) is 5.91 Å². The Morgan fingerprint density at radius 1 is 1.03 bits per heavy atom. The van der Waals surface area contributed by atoms with Gasteiger partial charge in [0.05, 0.1) is 4.90 Å². The number of carbonyl (C=O) groups excluding carboxylic acids is 2. The summed E-state index contributed by atoms with van der Waals surface area (Å²) in [6.07, 6.45) is 2.66. The molecule has 2 heterocycles. The minimum atomic E-state index is -3.75. The van der Waals surface area contributed by atoms with Crippen LogP contribution in [0.1, 0.15) is 23.2 Å². The van der Waals surface area contributed by atoms with Crippen molar-refractivity contribution in [2.24, 2.45) is 0 Å². The van der Waals surface area contributed by atoms with Crippen LogP contribution in [0, 0.1) is 0 Å². The predicted molar refractivity (Wildman–Crippen MR) is 118 cm³/mol. The fraction of sp³-hybridized carbons (Fsp3) is 0.190. The van der Waals surface area contributed by atoms with E-state index in [0.717, 1.165) is 0 Å². The molecule has 2 aromatic carbocycles. The van der Waals surface area contributed by atoms with Crippen LogP contribution in [0.2, 0.25) is 0 Å². The quantitative estimate of drug-likeness (QED) is 0.592. The van der Waals surface area contributed by atoms with Crippen LogP contribution in [0.4, 0.5) is 10.8 Å². The highest BCUT2D eigenvalue weighted by Crippen LogP contribution is 2.27. The molecule has 1 aliphatic heterocycles. The number of nitrogens with one attached hydrogen (secondary N) is 2.